The first-order valence-electron chi connectivity index (χ1n) is 8.46. The van der Waals surface area contributed by atoms with Gasteiger partial charge in [-0.1, -0.05) is 34.8 Å². The van der Waals surface area contributed by atoms with E-state index in [4.69, 9.17) is 39.5 Å². The first kappa shape index (κ1) is 22.8. The average Bonchev–Trinajstić information content (AvgIpc) is 2.67. The van der Waals surface area contributed by atoms with Crippen molar-refractivity contribution in [1.29, 1.82) is 0 Å². The maximum absolute atomic E-state index is 11.9. The molecule has 0 fully saturated rings. The Kier molecular flexibility index (Phi) is 8.57. The van der Waals surface area contributed by atoms with Crippen LogP contribution in [0.15, 0.2) is 36.4 Å². The second-order valence-corrected chi connectivity index (χ2v) is 7.22. The lowest BCUT2D eigenvalue weighted by Gasteiger charge is -2.10. The Morgan fingerprint density at radius 1 is 0.862 bits per heavy atom. The van der Waals surface area contributed by atoms with Crippen molar-refractivity contribution in [1.82, 2.24) is 10.9 Å². The molecule has 0 unspecified atom stereocenters. The smallest absolute Gasteiger partial charge is 0.276 e. The number of hydrogen-bond donors (Lipinski definition) is 3. The summed E-state index contributed by atoms with van der Waals surface area (Å²) in [5.74, 6) is -1.01. The molecule has 10 heteroatoms. The summed E-state index contributed by atoms with van der Waals surface area (Å²) in [6.45, 7) is 1.52. The van der Waals surface area contributed by atoms with Crippen molar-refractivity contribution in [3.05, 3.63) is 57.0 Å². The number of hydrogen-bond acceptors (Lipinski definition) is 4. The number of aryl methyl sites for hydroxylation is 1. The van der Waals surface area contributed by atoms with Crippen molar-refractivity contribution in [2.24, 2.45) is 0 Å². The lowest BCUT2D eigenvalue weighted by molar-refractivity contribution is -0.130. The SMILES string of the molecule is Cc1cc(OCC(=O)NNC(=O)CCC(=O)Nc2ccc(Cl)cc2Cl)ccc1Cl. The predicted octanol–water partition coefficient (Wildman–Crippen LogP) is 3.90. The van der Waals surface area contributed by atoms with Crippen molar-refractivity contribution in [3.8, 4) is 5.75 Å². The number of hydrazine groups is 1. The Morgan fingerprint density at radius 3 is 2.24 bits per heavy atom. The van der Waals surface area contributed by atoms with Crippen LogP contribution in [0.2, 0.25) is 15.1 Å². The molecule has 3 amide bonds. The lowest BCUT2D eigenvalue weighted by Crippen LogP contribution is -2.44. The van der Waals surface area contributed by atoms with E-state index in [1.807, 2.05) is 6.92 Å². The van der Waals surface area contributed by atoms with Gasteiger partial charge in [0.1, 0.15) is 5.75 Å². The number of anilines is 1. The van der Waals surface area contributed by atoms with Crippen molar-refractivity contribution in [2.45, 2.75) is 19.8 Å². The van der Waals surface area contributed by atoms with Crippen molar-refractivity contribution < 1.29 is 19.1 Å². The number of halogens is 3. The summed E-state index contributed by atoms with van der Waals surface area (Å²) >= 11 is 17.7. The van der Waals surface area contributed by atoms with E-state index in [-0.39, 0.29) is 19.4 Å². The van der Waals surface area contributed by atoms with Crippen molar-refractivity contribution >= 4 is 58.2 Å². The van der Waals surface area contributed by atoms with Gasteiger partial charge in [-0.2, -0.15) is 0 Å². The van der Waals surface area contributed by atoms with Gasteiger partial charge in [0, 0.05) is 22.9 Å². The van der Waals surface area contributed by atoms with Crippen LogP contribution < -0.4 is 20.9 Å². The minimum absolute atomic E-state index is 0.0960. The van der Waals surface area contributed by atoms with E-state index in [2.05, 4.69) is 16.2 Å². The van der Waals surface area contributed by atoms with Crippen LogP contribution in [-0.2, 0) is 14.4 Å². The summed E-state index contributed by atoms with van der Waals surface area (Å²) in [5, 5.41) is 3.91. The zero-order valence-corrected chi connectivity index (χ0v) is 17.6. The van der Waals surface area contributed by atoms with E-state index in [1.54, 1.807) is 30.3 Å². The van der Waals surface area contributed by atoms with Crippen LogP contribution in [0.1, 0.15) is 18.4 Å². The molecule has 0 heterocycles. The predicted molar refractivity (Wildman–Crippen MR) is 112 cm³/mol. The summed E-state index contributed by atoms with van der Waals surface area (Å²) in [5.41, 5.74) is 5.63. The standard InChI is InChI=1S/C19H18Cl3N3O4/c1-11-8-13(3-4-14(11)21)29-10-19(28)25-24-18(27)7-6-17(26)23-16-5-2-12(20)9-15(16)22/h2-5,8-9H,6-7,10H2,1H3,(H,23,26)(H,24,27)(H,25,28). The second-order valence-electron chi connectivity index (χ2n) is 5.97. The first-order chi connectivity index (χ1) is 13.7. The molecule has 0 aliphatic heterocycles. The number of carbonyl (C=O) groups excluding carboxylic acids is 3. The van der Waals surface area contributed by atoms with Gasteiger partial charge in [0.15, 0.2) is 6.61 Å². The second kappa shape index (κ2) is 10.9. The van der Waals surface area contributed by atoms with Crippen LogP contribution >= 0.6 is 34.8 Å². The summed E-state index contributed by atoms with van der Waals surface area (Å²) in [6.07, 6.45) is -0.226. The van der Waals surface area contributed by atoms with Crippen LogP contribution in [0.4, 0.5) is 5.69 Å². The molecule has 2 aromatic carbocycles. The molecule has 0 radical (unpaired) electrons. The first-order valence-corrected chi connectivity index (χ1v) is 9.59. The molecule has 2 rings (SSSR count). The van der Waals surface area contributed by atoms with Crippen LogP contribution in [0.25, 0.3) is 0 Å². The fraction of sp³-hybridized carbons (Fsp3) is 0.211. The normalized spacial score (nSPS) is 10.2. The summed E-state index contributed by atoms with van der Waals surface area (Å²) in [6, 6.07) is 9.62. The fourth-order valence-corrected chi connectivity index (χ4v) is 2.70. The van der Waals surface area contributed by atoms with Gasteiger partial charge in [-0.05, 0) is 48.9 Å². The number of benzene rings is 2. The van der Waals surface area contributed by atoms with Gasteiger partial charge in [-0.15, -0.1) is 0 Å². The Balaban J connectivity index is 1.67. The summed E-state index contributed by atoms with van der Waals surface area (Å²) in [4.78, 5) is 35.4. The highest BCUT2D eigenvalue weighted by Crippen LogP contribution is 2.25. The summed E-state index contributed by atoms with van der Waals surface area (Å²) in [7, 11) is 0. The minimum atomic E-state index is -0.552. The van der Waals surface area contributed by atoms with Crippen LogP contribution in [0, 0.1) is 6.92 Å². The van der Waals surface area contributed by atoms with Gasteiger partial charge < -0.3 is 10.1 Å². The molecule has 0 aromatic heterocycles. The Hall–Kier alpha value is -2.48. The molecule has 0 bridgehead atoms. The largest absolute Gasteiger partial charge is 0.484 e. The Morgan fingerprint density at radius 2 is 1.55 bits per heavy atom. The number of amides is 3. The highest BCUT2D eigenvalue weighted by Gasteiger charge is 2.11. The molecule has 0 saturated carbocycles. The molecule has 0 aliphatic rings. The van der Waals surface area contributed by atoms with Crippen molar-refractivity contribution in [2.75, 3.05) is 11.9 Å². The van der Waals surface area contributed by atoms with Gasteiger partial charge >= 0.3 is 0 Å². The quantitative estimate of drug-likeness (QED) is 0.548. The van der Waals surface area contributed by atoms with Crippen molar-refractivity contribution in [3.63, 3.8) is 0 Å². The molecule has 0 spiro atoms. The van der Waals surface area contributed by atoms with Gasteiger partial charge in [-0.25, -0.2) is 0 Å². The van der Waals surface area contributed by atoms with E-state index in [9.17, 15) is 14.4 Å². The molecule has 154 valence electrons. The zero-order valence-electron chi connectivity index (χ0n) is 15.4. The Labute approximate surface area is 182 Å². The molecule has 0 aliphatic carbocycles. The lowest BCUT2D eigenvalue weighted by atomic mass is 10.2. The number of ether oxygens (including phenoxy) is 1. The van der Waals surface area contributed by atoms with E-state index in [1.165, 1.54) is 6.07 Å². The highest BCUT2D eigenvalue weighted by atomic mass is 35.5. The van der Waals surface area contributed by atoms with Crippen LogP contribution in [0.5, 0.6) is 5.75 Å². The molecule has 3 N–H and O–H groups in total. The Bertz CT molecular complexity index is 922. The average molecular weight is 459 g/mol. The van der Waals surface area contributed by atoms with Gasteiger partial charge in [0.25, 0.3) is 5.91 Å². The monoisotopic (exact) mass is 457 g/mol. The molecule has 29 heavy (non-hydrogen) atoms. The third kappa shape index (κ3) is 7.81. The van der Waals surface area contributed by atoms with E-state index < -0.39 is 17.7 Å². The third-order valence-corrected chi connectivity index (χ3v) is 4.60. The van der Waals surface area contributed by atoms with E-state index in [0.717, 1.165) is 5.56 Å². The fourth-order valence-electron chi connectivity index (χ4n) is 2.12. The third-order valence-electron chi connectivity index (χ3n) is 3.63. The molecular formula is C19H18Cl3N3O4. The highest BCUT2D eigenvalue weighted by molar-refractivity contribution is 6.36. The zero-order chi connectivity index (χ0) is 21.4. The molecule has 0 atom stereocenters. The molecule has 7 nitrogen and oxygen atoms in total. The maximum atomic E-state index is 11.9. The summed E-state index contributed by atoms with van der Waals surface area (Å²) < 4.78 is 5.31. The van der Waals surface area contributed by atoms with Crippen LogP contribution in [0.3, 0.4) is 0 Å². The molecular weight excluding hydrogens is 441 g/mol. The van der Waals surface area contributed by atoms with Gasteiger partial charge in [-0.3, -0.25) is 25.2 Å². The van der Waals surface area contributed by atoms with Gasteiger partial charge in [0.05, 0.1) is 10.7 Å². The number of carbonyl (C=O) groups is 3. The topological polar surface area (TPSA) is 96.5 Å². The minimum Gasteiger partial charge on any atom is -0.484 e. The maximum Gasteiger partial charge on any atom is 0.276 e. The van der Waals surface area contributed by atoms with Crippen LogP contribution in [-0.4, -0.2) is 24.3 Å². The van der Waals surface area contributed by atoms with Gasteiger partial charge in [0.2, 0.25) is 11.8 Å². The van der Waals surface area contributed by atoms with E-state index >= 15 is 0 Å². The molecule has 0 saturated heterocycles. The number of rotatable bonds is 7. The molecule has 2 aromatic rings. The van der Waals surface area contributed by atoms with E-state index in [0.29, 0.717) is 26.5 Å². The number of nitrogens with one attached hydrogen (secondary N) is 3.